The summed E-state index contributed by atoms with van der Waals surface area (Å²) in [7, 11) is 1.79. The lowest BCUT2D eigenvalue weighted by Crippen LogP contribution is -2.47. The SMILES string of the molecule is CN(Cc1nc2ccccc2s1)C(=O)[C@@H]1CCCN(C(N)=O)C1. The molecule has 1 saturated heterocycles. The smallest absolute Gasteiger partial charge is 0.314 e. The average molecular weight is 332 g/mol. The number of hydrogen-bond donors (Lipinski definition) is 1. The van der Waals surface area contributed by atoms with Gasteiger partial charge < -0.3 is 15.5 Å². The van der Waals surface area contributed by atoms with Gasteiger partial charge in [-0.1, -0.05) is 12.1 Å². The van der Waals surface area contributed by atoms with E-state index in [1.54, 1.807) is 28.2 Å². The number of urea groups is 1. The van der Waals surface area contributed by atoms with Crippen LogP contribution in [0.25, 0.3) is 10.2 Å². The van der Waals surface area contributed by atoms with Crippen molar-refractivity contribution in [1.29, 1.82) is 0 Å². The number of piperidine rings is 1. The van der Waals surface area contributed by atoms with Crippen molar-refractivity contribution in [3.63, 3.8) is 0 Å². The quantitative estimate of drug-likeness (QED) is 0.934. The highest BCUT2D eigenvalue weighted by molar-refractivity contribution is 7.18. The van der Waals surface area contributed by atoms with Gasteiger partial charge in [-0.15, -0.1) is 11.3 Å². The number of hydrogen-bond acceptors (Lipinski definition) is 4. The average Bonchev–Trinajstić information content (AvgIpc) is 2.96. The molecular weight excluding hydrogens is 312 g/mol. The first kappa shape index (κ1) is 15.7. The zero-order chi connectivity index (χ0) is 16.4. The molecular formula is C16H20N4O2S. The van der Waals surface area contributed by atoms with Crippen LogP contribution in [0.3, 0.4) is 0 Å². The van der Waals surface area contributed by atoms with Gasteiger partial charge in [0, 0.05) is 20.1 Å². The Kier molecular flexibility index (Phi) is 4.47. The first-order valence-electron chi connectivity index (χ1n) is 7.68. The fourth-order valence-corrected chi connectivity index (χ4v) is 3.98. The predicted molar refractivity (Wildman–Crippen MR) is 90.0 cm³/mol. The van der Waals surface area contributed by atoms with Gasteiger partial charge in [0.05, 0.1) is 22.7 Å². The molecule has 2 heterocycles. The number of amides is 3. The van der Waals surface area contributed by atoms with Gasteiger partial charge in [-0.2, -0.15) is 0 Å². The van der Waals surface area contributed by atoms with E-state index in [0.717, 1.165) is 28.1 Å². The van der Waals surface area contributed by atoms with E-state index >= 15 is 0 Å². The molecule has 0 saturated carbocycles. The Bertz CT molecular complexity index is 697. The zero-order valence-electron chi connectivity index (χ0n) is 13.1. The normalized spacial score (nSPS) is 18.1. The summed E-state index contributed by atoms with van der Waals surface area (Å²) < 4.78 is 1.13. The largest absolute Gasteiger partial charge is 0.351 e. The number of aromatic nitrogens is 1. The number of benzene rings is 1. The highest BCUT2D eigenvalue weighted by Gasteiger charge is 2.29. The maximum atomic E-state index is 12.6. The number of rotatable bonds is 3. The minimum Gasteiger partial charge on any atom is -0.351 e. The summed E-state index contributed by atoms with van der Waals surface area (Å²) in [4.78, 5) is 31.7. The molecule has 0 unspecified atom stereocenters. The molecule has 1 fully saturated rings. The number of nitrogens with zero attached hydrogens (tertiary/aromatic N) is 3. The highest BCUT2D eigenvalue weighted by Crippen LogP contribution is 2.24. The maximum absolute atomic E-state index is 12.6. The maximum Gasteiger partial charge on any atom is 0.314 e. The molecule has 23 heavy (non-hydrogen) atoms. The Labute approximate surface area is 138 Å². The lowest BCUT2D eigenvalue weighted by molar-refractivity contribution is -0.136. The number of thiazole rings is 1. The molecule has 1 aromatic heterocycles. The van der Waals surface area contributed by atoms with Gasteiger partial charge in [0.2, 0.25) is 5.91 Å². The molecule has 0 aliphatic carbocycles. The van der Waals surface area contributed by atoms with E-state index in [4.69, 9.17) is 5.73 Å². The molecule has 0 bridgehead atoms. The molecule has 3 rings (SSSR count). The molecule has 1 aromatic carbocycles. The summed E-state index contributed by atoms with van der Waals surface area (Å²) in [5.41, 5.74) is 6.29. The molecule has 6 nitrogen and oxygen atoms in total. The van der Waals surface area contributed by atoms with Crippen molar-refractivity contribution in [2.45, 2.75) is 19.4 Å². The van der Waals surface area contributed by atoms with Crippen molar-refractivity contribution < 1.29 is 9.59 Å². The van der Waals surface area contributed by atoms with Gasteiger partial charge >= 0.3 is 6.03 Å². The monoisotopic (exact) mass is 332 g/mol. The van der Waals surface area contributed by atoms with E-state index in [0.29, 0.717) is 19.6 Å². The summed E-state index contributed by atoms with van der Waals surface area (Å²) in [6.45, 7) is 1.55. The van der Waals surface area contributed by atoms with E-state index in [1.165, 1.54) is 0 Å². The van der Waals surface area contributed by atoms with Crippen molar-refractivity contribution in [3.8, 4) is 0 Å². The lowest BCUT2D eigenvalue weighted by atomic mass is 9.97. The van der Waals surface area contributed by atoms with Crippen molar-refractivity contribution >= 4 is 33.5 Å². The van der Waals surface area contributed by atoms with E-state index in [-0.39, 0.29) is 11.8 Å². The lowest BCUT2D eigenvalue weighted by Gasteiger charge is -2.32. The first-order valence-corrected chi connectivity index (χ1v) is 8.50. The molecule has 0 spiro atoms. The Balaban J connectivity index is 1.66. The number of nitrogens with two attached hydrogens (primary N) is 1. The van der Waals surface area contributed by atoms with E-state index < -0.39 is 6.03 Å². The molecule has 7 heteroatoms. The van der Waals surface area contributed by atoms with Crippen LogP contribution in [-0.4, -0.2) is 46.9 Å². The van der Waals surface area contributed by atoms with Gasteiger partial charge in [-0.05, 0) is 25.0 Å². The second-order valence-corrected chi connectivity index (χ2v) is 7.01. The van der Waals surface area contributed by atoms with Crippen LogP contribution in [0.1, 0.15) is 17.8 Å². The van der Waals surface area contributed by atoms with Gasteiger partial charge in [0.1, 0.15) is 5.01 Å². The number of primary amides is 1. The number of likely N-dealkylation sites (tertiary alicyclic amines) is 1. The summed E-state index contributed by atoms with van der Waals surface area (Å²) in [6.07, 6.45) is 1.61. The Morgan fingerprint density at radius 1 is 1.43 bits per heavy atom. The minimum atomic E-state index is -0.448. The van der Waals surface area contributed by atoms with E-state index in [2.05, 4.69) is 4.98 Å². The van der Waals surface area contributed by atoms with Crippen LogP contribution >= 0.6 is 11.3 Å². The van der Waals surface area contributed by atoms with Gasteiger partial charge in [-0.3, -0.25) is 4.79 Å². The van der Waals surface area contributed by atoms with Crippen molar-refractivity contribution in [1.82, 2.24) is 14.8 Å². The van der Waals surface area contributed by atoms with Gasteiger partial charge in [0.15, 0.2) is 0 Å². The third kappa shape index (κ3) is 3.44. The number of carbonyl (C=O) groups is 2. The summed E-state index contributed by atoms with van der Waals surface area (Å²) >= 11 is 1.61. The molecule has 1 aliphatic rings. The molecule has 0 radical (unpaired) electrons. The van der Waals surface area contributed by atoms with Crippen LogP contribution in [0.4, 0.5) is 4.79 Å². The van der Waals surface area contributed by atoms with Gasteiger partial charge in [-0.25, -0.2) is 9.78 Å². The fourth-order valence-electron chi connectivity index (χ4n) is 2.96. The topological polar surface area (TPSA) is 79.5 Å². The number of para-hydroxylation sites is 1. The summed E-state index contributed by atoms with van der Waals surface area (Å²) in [5, 5.41) is 0.921. The highest BCUT2D eigenvalue weighted by atomic mass is 32.1. The molecule has 2 aromatic rings. The Morgan fingerprint density at radius 2 is 2.22 bits per heavy atom. The summed E-state index contributed by atoms with van der Waals surface area (Å²) in [6, 6.07) is 7.50. The van der Waals surface area contributed by atoms with Gasteiger partial charge in [0.25, 0.3) is 0 Å². The molecule has 1 aliphatic heterocycles. The predicted octanol–water partition coefficient (Wildman–Crippen LogP) is 2.05. The zero-order valence-corrected chi connectivity index (χ0v) is 13.9. The second-order valence-electron chi connectivity index (χ2n) is 5.89. The van der Waals surface area contributed by atoms with E-state index in [9.17, 15) is 9.59 Å². The summed E-state index contributed by atoms with van der Waals surface area (Å²) in [5.74, 6) is -0.120. The van der Waals surface area contributed by atoms with Crippen LogP contribution in [-0.2, 0) is 11.3 Å². The minimum absolute atomic E-state index is 0.0511. The molecule has 2 N–H and O–H groups in total. The third-order valence-corrected chi connectivity index (χ3v) is 5.19. The standard InChI is InChI=1S/C16H20N4O2S/c1-19(10-14-18-12-6-2-3-7-13(12)23-14)15(21)11-5-4-8-20(9-11)16(17)22/h2-3,6-7,11H,4-5,8-10H2,1H3,(H2,17,22)/t11-/m1/s1. The molecule has 3 amide bonds. The number of carbonyl (C=O) groups excluding carboxylic acids is 2. The van der Waals surface area contributed by atoms with Crippen LogP contribution < -0.4 is 5.73 Å². The second kappa shape index (κ2) is 6.54. The van der Waals surface area contributed by atoms with Crippen LogP contribution in [0.5, 0.6) is 0 Å². The Hall–Kier alpha value is -2.15. The molecule has 1 atom stereocenters. The first-order chi connectivity index (χ1) is 11.0. The van der Waals surface area contributed by atoms with E-state index in [1.807, 2.05) is 24.3 Å². The fraction of sp³-hybridized carbons (Fsp3) is 0.438. The van der Waals surface area contributed by atoms with Crippen LogP contribution in [0.15, 0.2) is 24.3 Å². The number of fused-ring (bicyclic) bond motifs is 1. The molecule has 122 valence electrons. The van der Waals surface area contributed by atoms with Crippen molar-refractivity contribution in [2.24, 2.45) is 11.7 Å². The van der Waals surface area contributed by atoms with Crippen LogP contribution in [0, 0.1) is 5.92 Å². The van der Waals surface area contributed by atoms with Crippen LogP contribution in [0.2, 0.25) is 0 Å². The van der Waals surface area contributed by atoms with Crippen molar-refractivity contribution in [3.05, 3.63) is 29.3 Å². The third-order valence-electron chi connectivity index (χ3n) is 4.17. The Morgan fingerprint density at radius 3 is 2.96 bits per heavy atom. The van der Waals surface area contributed by atoms with Crippen molar-refractivity contribution in [2.75, 3.05) is 20.1 Å².